The second-order valence-electron chi connectivity index (χ2n) is 4.38. The van der Waals surface area contributed by atoms with E-state index in [4.69, 9.17) is 21.1 Å². The zero-order valence-corrected chi connectivity index (χ0v) is 12.3. The Hall–Kier alpha value is -0.930. The summed E-state index contributed by atoms with van der Waals surface area (Å²) in [4.78, 5) is 0. The summed E-state index contributed by atoms with van der Waals surface area (Å²) in [5.74, 6) is 1.26. The highest BCUT2D eigenvalue weighted by Gasteiger charge is 2.11. The molecule has 0 saturated heterocycles. The Bertz CT molecular complexity index is 382. The topological polar surface area (TPSA) is 30.5 Å². The van der Waals surface area contributed by atoms with Crippen LogP contribution in [0.3, 0.4) is 0 Å². The van der Waals surface area contributed by atoms with Crippen LogP contribution in [-0.2, 0) is 6.54 Å². The molecular weight excluding hydrogens is 250 g/mol. The molecule has 102 valence electrons. The number of halogens is 1. The molecule has 1 rings (SSSR count). The molecule has 0 aliphatic rings. The molecule has 0 fully saturated rings. The summed E-state index contributed by atoms with van der Waals surface area (Å²) in [5, 5.41) is 4.04. The molecular formula is C14H22ClNO2. The van der Waals surface area contributed by atoms with Crippen molar-refractivity contribution >= 4 is 11.6 Å². The van der Waals surface area contributed by atoms with Crippen LogP contribution < -0.4 is 14.8 Å². The van der Waals surface area contributed by atoms with Crippen molar-refractivity contribution in [3.63, 3.8) is 0 Å². The Morgan fingerprint density at radius 1 is 1.28 bits per heavy atom. The number of methoxy groups -OCH3 is 2. The minimum Gasteiger partial charge on any atom is -0.493 e. The van der Waals surface area contributed by atoms with E-state index in [1.807, 2.05) is 12.1 Å². The van der Waals surface area contributed by atoms with Crippen LogP contribution in [0.25, 0.3) is 0 Å². The van der Waals surface area contributed by atoms with Crippen molar-refractivity contribution in [3.05, 3.63) is 22.7 Å². The summed E-state index contributed by atoms with van der Waals surface area (Å²) < 4.78 is 10.5. The Morgan fingerprint density at radius 3 is 2.56 bits per heavy atom. The molecule has 0 spiro atoms. The predicted molar refractivity (Wildman–Crippen MR) is 75.8 cm³/mol. The molecule has 0 aliphatic heterocycles. The van der Waals surface area contributed by atoms with Gasteiger partial charge in [0.05, 0.1) is 19.2 Å². The van der Waals surface area contributed by atoms with E-state index < -0.39 is 0 Å². The highest BCUT2D eigenvalue weighted by molar-refractivity contribution is 6.32. The van der Waals surface area contributed by atoms with Gasteiger partial charge >= 0.3 is 0 Å². The standard InChI is InChI=1S/C14H22ClNO2/c1-5-6-10(2)16-9-11-7-12(15)14(18-4)13(8-11)17-3/h7-8,10,16H,5-6,9H2,1-4H3. The molecule has 0 amide bonds. The van der Waals surface area contributed by atoms with Gasteiger partial charge in [-0.15, -0.1) is 0 Å². The Labute approximate surface area is 114 Å². The maximum absolute atomic E-state index is 6.16. The zero-order chi connectivity index (χ0) is 13.5. The van der Waals surface area contributed by atoms with E-state index in [9.17, 15) is 0 Å². The number of rotatable bonds is 7. The van der Waals surface area contributed by atoms with Crippen LogP contribution in [0.2, 0.25) is 5.02 Å². The van der Waals surface area contributed by atoms with Crippen LogP contribution in [-0.4, -0.2) is 20.3 Å². The predicted octanol–water partition coefficient (Wildman–Crippen LogP) is 3.64. The first-order valence-corrected chi connectivity index (χ1v) is 6.63. The molecule has 0 aliphatic carbocycles. The van der Waals surface area contributed by atoms with Crippen molar-refractivity contribution in [2.45, 2.75) is 39.3 Å². The average Bonchev–Trinajstić information content (AvgIpc) is 2.36. The maximum Gasteiger partial charge on any atom is 0.179 e. The van der Waals surface area contributed by atoms with Crippen LogP contribution in [0.15, 0.2) is 12.1 Å². The van der Waals surface area contributed by atoms with Crippen LogP contribution in [0, 0.1) is 0 Å². The van der Waals surface area contributed by atoms with E-state index in [0.29, 0.717) is 22.6 Å². The summed E-state index contributed by atoms with van der Waals surface area (Å²) in [5.41, 5.74) is 1.10. The fourth-order valence-corrected chi connectivity index (χ4v) is 2.21. The van der Waals surface area contributed by atoms with Crippen molar-refractivity contribution < 1.29 is 9.47 Å². The van der Waals surface area contributed by atoms with Crippen molar-refractivity contribution in [2.24, 2.45) is 0 Å². The third kappa shape index (κ3) is 4.07. The van der Waals surface area contributed by atoms with Gasteiger partial charge in [-0.2, -0.15) is 0 Å². The second kappa shape index (κ2) is 7.49. The molecule has 1 N–H and O–H groups in total. The van der Waals surface area contributed by atoms with Crippen molar-refractivity contribution in [2.75, 3.05) is 14.2 Å². The molecule has 0 heterocycles. The minimum atomic E-state index is 0.502. The van der Waals surface area contributed by atoms with E-state index in [1.165, 1.54) is 12.8 Å². The van der Waals surface area contributed by atoms with Gasteiger partial charge in [-0.1, -0.05) is 24.9 Å². The number of nitrogens with one attached hydrogen (secondary N) is 1. The number of ether oxygens (including phenoxy) is 2. The summed E-state index contributed by atoms with van der Waals surface area (Å²) in [7, 11) is 3.20. The lowest BCUT2D eigenvalue weighted by Crippen LogP contribution is -2.25. The number of hydrogen-bond donors (Lipinski definition) is 1. The van der Waals surface area contributed by atoms with Crippen molar-refractivity contribution in [1.29, 1.82) is 0 Å². The van der Waals surface area contributed by atoms with Gasteiger partial charge < -0.3 is 14.8 Å². The molecule has 4 heteroatoms. The van der Waals surface area contributed by atoms with Crippen LogP contribution >= 0.6 is 11.6 Å². The van der Waals surface area contributed by atoms with Crippen LogP contribution in [0.5, 0.6) is 11.5 Å². The lowest BCUT2D eigenvalue weighted by molar-refractivity contribution is 0.354. The molecule has 0 bridgehead atoms. The smallest absolute Gasteiger partial charge is 0.179 e. The molecule has 18 heavy (non-hydrogen) atoms. The van der Waals surface area contributed by atoms with E-state index in [2.05, 4.69) is 19.2 Å². The monoisotopic (exact) mass is 271 g/mol. The normalized spacial score (nSPS) is 12.3. The second-order valence-corrected chi connectivity index (χ2v) is 4.79. The Balaban J connectivity index is 2.75. The molecule has 3 nitrogen and oxygen atoms in total. The van der Waals surface area contributed by atoms with Crippen LogP contribution in [0.4, 0.5) is 0 Å². The molecule has 0 radical (unpaired) electrons. The molecule has 1 aromatic carbocycles. The summed E-state index contributed by atoms with van der Waals surface area (Å²) >= 11 is 6.16. The SMILES string of the molecule is CCCC(C)NCc1cc(Cl)c(OC)c(OC)c1. The van der Waals surface area contributed by atoms with Gasteiger partial charge in [0.1, 0.15) is 0 Å². The van der Waals surface area contributed by atoms with Gasteiger partial charge in [0, 0.05) is 12.6 Å². The first-order valence-electron chi connectivity index (χ1n) is 6.26. The van der Waals surface area contributed by atoms with Gasteiger partial charge in [-0.25, -0.2) is 0 Å². The van der Waals surface area contributed by atoms with Gasteiger partial charge in [-0.3, -0.25) is 0 Å². The quantitative estimate of drug-likeness (QED) is 0.821. The molecule has 1 unspecified atom stereocenters. The lowest BCUT2D eigenvalue weighted by Gasteiger charge is -2.15. The molecule has 1 aromatic rings. The third-order valence-corrected chi connectivity index (χ3v) is 3.15. The van der Waals surface area contributed by atoms with E-state index in [1.54, 1.807) is 14.2 Å². The van der Waals surface area contributed by atoms with E-state index in [0.717, 1.165) is 12.1 Å². The fraction of sp³-hybridized carbons (Fsp3) is 0.571. The Morgan fingerprint density at radius 2 is 2.00 bits per heavy atom. The highest BCUT2D eigenvalue weighted by Crippen LogP contribution is 2.35. The van der Waals surface area contributed by atoms with Gasteiger partial charge in [0.15, 0.2) is 11.5 Å². The fourth-order valence-electron chi connectivity index (χ4n) is 1.90. The minimum absolute atomic E-state index is 0.502. The van der Waals surface area contributed by atoms with Gasteiger partial charge in [-0.05, 0) is 31.0 Å². The Kier molecular flexibility index (Phi) is 6.30. The zero-order valence-electron chi connectivity index (χ0n) is 11.5. The first-order chi connectivity index (χ1) is 8.62. The molecule has 0 aromatic heterocycles. The first kappa shape index (κ1) is 15.1. The highest BCUT2D eigenvalue weighted by atomic mass is 35.5. The molecule has 0 saturated carbocycles. The summed E-state index contributed by atoms with van der Waals surface area (Å²) in [6.07, 6.45) is 2.35. The largest absolute Gasteiger partial charge is 0.493 e. The van der Waals surface area contributed by atoms with Gasteiger partial charge in [0.2, 0.25) is 0 Å². The van der Waals surface area contributed by atoms with Gasteiger partial charge in [0.25, 0.3) is 0 Å². The van der Waals surface area contributed by atoms with Crippen molar-refractivity contribution in [3.8, 4) is 11.5 Å². The van der Waals surface area contributed by atoms with Crippen molar-refractivity contribution in [1.82, 2.24) is 5.32 Å². The molecule has 1 atom stereocenters. The average molecular weight is 272 g/mol. The summed E-state index contributed by atoms with van der Waals surface area (Å²) in [6, 6.07) is 4.37. The van der Waals surface area contributed by atoms with E-state index >= 15 is 0 Å². The third-order valence-electron chi connectivity index (χ3n) is 2.87. The summed E-state index contributed by atoms with van der Waals surface area (Å²) in [6.45, 7) is 5.15. The number of benzene rings is 1. The van der Waals surface area contributed by atoms with E-state index in [-0.39, 0.29) is 0 Å². The van der Waals surface area contributed by atoms with Crippen LogP contribution in [0.1, 0.15) is 32.3 Å². The lowest BCUT2D eigenvalue weighted by atomic mass is 10.1. The number of hydrogen-bond acceptors (Lipinski definition) is 3. The maximum atomic E-state index is 6.16.